The molecule has 0 unspecified atom stereocenters. The number of aromatic nitrogens is 2. The molecule has 0 aliphatic heterocycles. The van der Waals surface area contributed by atoms with E-state index in [0.29, 0.717) is 33.8 Å². The minimum atomic E-state index is -0.116. The SMILES string of the molecule is Cc1nc(C)c(C(=O)NCCNc2ncc(Cl)cc2Cl)s1. The largest absolute Gasteiger partial charge is 0.367 e. The first-order valence-electron chi connectivity index (χ1n) is 6.24. The van der Waals surface area contributed by atoms with Crippen LogP contribution in [-0.4, -0.2) is 29.0 Å². The Balaban J connectivity index is 1.82. The number of carbonyl (C=O) groups excluding carboxylic acids is 1. The topological polar surface area (TPSA) is 66.9 Å². The van der Waals surface area contributed by atoms with Crippen LogP contribution >= 0.6 is 34.5 Å². The lowest BCUT2D eigenvalue weighted by Crippen LogP contribution is -2.28. The lowest BCUT2D eigenvalue weighted by Gasteiger charge is -2.08. The fraction of sp³-hybridized carbons (Fsp3) is 0.308. The number of halogens is 2. The lowest BCUT2D eigenvalue weighted by molar-refractivity contribution is 0.0958. The maximum Gasteiger partial charge on any atom is 0.263 e. The number of thiazole rings is 1. The Morgan fingerprint density at radius 2 is 2.10 bits per heavy atom. The van der Waals surface area contributed by atoms with Gasteiger partial charge in [0.1, 0.15) is 10.7 Å². The Labute approximate surface area is 136 Å². The van der Waals surface area contributed by atoms with Crippen molar-refractivity contribution < 1.29 is 4.79 Å². The Morgan fingerprint density at radius 1 is 1.33 bits per heavy atom. The first kappa shape index (κ1) is 16.0. The number of hydrogen-bond acceptors (Lipinski definition) is 5. The molecule has 0 spiro atoms. The molecular weight excluding hydrogens is 331 g/mol. The second kappa shape index (κ2) is 7.06. The van der Waals surface area contributed by atoms with Gasteiger partial charge in [-0.15, -0.1) is 11.3 Å². The van der Waals surface area contributed by atoms with E-state index in [0.717, 1.165) is 10.7 Å². The van der Waals surface area contributed by atoms with Crippen molar-refractivity contribution in [2.45, 2.75) is 13.8 Å². The molecule has 112 valence electrons. The van der Waals surface area contributed by atoms with Gasteiger partial charge in [0, 0.05) is 19.3 Å². The first-order chi connectivity index (χ1) is 9.97. The van der Waals surface area contributed by atoms with Gasteiger partial charge in [0.25, 0.3) is 5.91 Å². The smallest absolute Gasteiger partial charge is 0.263 e. The molecule has 2 rings (SSSR count). The maximum atomic E-state index is 12.0. The predicted octanol–water partition coefficient (Wildman–Crippen LogP) is 3.30. The molecule has 0 saturated heterocycles. The highest BCUT2D eigenvalue weighted by Gasteiger charge is 2.12. The van der Waals surface area contributed by atoms with Crippen LogP contribution in [-0.2, 0) is 0 Å². The molecule has 0 atom stereocenters. The van der Waals surface area contributed by atoms with E-state index in [1.165, 1.54) is 17.5 Å². The number of rotatable bonds is 5. The summed E-state index contributed by atoms with van der Waals surface area (Å²) in [7, 11) is 0. The fourth-order valence-corrected chi connectivity index (χ4v) is 3.01. The highest BCUT2D eigenvalue weighted by molar-refractivity contribution is 7.13. The summed E-state index contributed by atoms with van der Waals surface area (Å²) in [5.74, 6) is 0.426. The third-order valence-electron chi connectivity index (χ3n) is 2.62. The number of carbonyl (C=O) groups is 1. The minimum Gasteiger partial charge on any atom is -0.367 e. The van der Waals surface area contributed by atoms with Crippen molar-refractivity contribution in [2.75, 3.05) is 18.4 Å². The Kier molecular flexibility index (Phi) is 5.39. The highest BCUT2D eigenvalue weighted by atomic mass is 35.5. The van der Waals surface area contributed by atoms with E-state index in [2.05, 4.69) is 20.6 Å². The van der Waals surface area contributed by atoms with Gasteiger partial charge in [0.15, 0.2) is 0 Å². The first-order valence-corrected chi connectivity index (χ1v) is 7.81. The van der Waals surface area contributed by atoms with Crippen molar-refractivity contribution >= 4 is 46.3 Å². The van der Waals surface area contributed by atoms with Crippen molar-refractivity contribution in [3.8, 4) is 0 Å². The molecule has 0 aliphatic carbocycles. The van der Waals surface area contributed by atoms with Gasteiger partial charge in [-0.3, -0.25) is 4.79 Å². The maximum absolute atomic E-state index is 12.0. The van der Waals surface area contributed by atoms with Gasteiger partial charge in [-0.25, -0.2) is 9.97 Å². The molecule has 21 heavy (non-hydrogen) atoms. The average molecular weight is 345 g/mol. The van der Waals surface area contributed by atoms with E-state index < -0.39 is 0 Å². The molecule has 0 radical (unpaired) electrons. The van der Waals surface area contributed by atoms with E-state index in [1.807, 2.05) is 13.8 Å². The predicted molar refractivity (Wildman–Crippen MR) is 86.7 cm³/mol. The molecule has 0 saturated carbocycles. The molecule has 2 N–H and O–H groups in total. The average Bonchev–Trinajstić information content (AvgIpc) is 2.75. The van der Waals surface area contributed by atoms with Gasteiger partial charge in [0.2, 0.25) is 0 Å². The van der Waals surface area contributed by atoms with Crippen LogP contribution in [0.1, 0.15) is 20.4 Å². The third kappa shape index (κ3) is 4.30. The van der Waals surface area contributed by atoms with E-state index in [1.54, 1.807) is 6.07 Å². The van der Waals surface area contributed by atoms with E-state index in [4.69, 9.17) is 23.2 Å². The standard InChI is InChI=1S/C13H14Cl2N4OS/c1-7-11(21-8(2)19-7)13(20)17-4-3-16-12-10(15)5-9(14)6-18-12/h5-6H,3-4H2,1-2H3,(H,16,18)(H,17,20). The fourth-order valence-electron chi connectivity index (χ4n) is 1.72. The summed E-state index contributed by atoms with van der Waals surface area (Å²) < 4.78 is 0. The number of anilines is 1. The number of nitrogens with zero attached hydrogens (tertiary/aromatic N) is 2. The molecule has 0 bridgehead atoms. The quantitative estimate of drug-likeness (QED) is 0.816. The van der Waals surface area contributed by atoms with Crippen LogP contribution in [0.25, 0.3) is 0 Å². The zero-order valence-corrected chi connectivity index (χ0v) is 13.9. The summed E-state index contributed by atoms with van der Waals surface area (Å²) >= 11 is 13.1. The van der Waals surface area contributed by atoms with Crippen molar-refractivity contribution in [3.05, 3.63) is 37.9 Å². The number of amides is 1. The van der Waals surface area contributed by atoms with E-state index in [-0.39, 0.29) is 5.91 Å². The van der Waals surface area contributed by atoms with Gasteiger partial charge in [-0.05, 0) is 19.9 Å². The van der Waals surface area contributed by atoms with Gasteiger partial charge in [-0.2, -0.15) is 0 Å². The summed E-state index contributed by atoms with van der Waals surface area (Å²) in [4.78, 5) is 20.9. The van der Waals surface area contributed by atoms with Crippen LogP contribution in [0.3, 0.4) is 0 Å². The zero-order chi connectivity index (χ0) is 15.4. The molecule has 0 aromatic carbocycles. The molecule has 2 heterocycles. The highest BCUT2D eigenvalue weighted by Crippen LogP contribution is 2.22. The van der Waals surface area contributed by atoms with Crippen molar-refractivity contribution in [1.29, 1.82) is 0 Å². The molecule has 1 amide bonds. The number of hydrogen-bond donors (Lipinski definition) is 2. The van der Waals surface area contributed by atoms with Crippen molar-refractivity contribution in [2.24, 2.45) is 0 Å². The molecular formula is C13H14Cl2N4OS. The monoisotopic (exact) mass is 344 g/mol. The summed E-state index contributed by atoms with van der Waals surface area (Å²) in [6, 6.07) is 1.61. The minimum absolute atomic E-state index is 0.116. The molecule has 2 aromatic heterocycles. The number of nitrogens with one attached hydrogen (secondary N) is 2. The van der Waals surface area contributed by atoms with Crippen molar-refractivity contribution in [1.82, 2.24) is 15.3 Å². The van der Waals surface area contributed by atoms with Crippen LogP contribution in [0, 0.1) is 13.8 Å². The second-order valence-electron chi connectivity index (χ2n) is 4.31. The van der Waals surface area contributed by atoms with Crippen LogP contribution in [0.4, 0.5) is 5.82 Å². The normalized spacial score (nSPS) is 10.5. The van der Waals surface area contributed by atoms with E-state index >= 15 is 0 Å². The molecule has 0 fully saturated rings. The molecule has 5 nitrogen and oxygen atoms in total. The van der Waals surface area contributed by atoms with Crippen molar-refractivity contribution in [3.63, 3.8) is 0 Å². The Hall–Kier alpha value is -1.37. The zero-order valence-electron chi connectivity index (χ0n) is 11.5. The summed E-state index contributed by atoms with van der Waals surface area (Å²) in [6.45, 7) is 4.67. The lowest BCUT2D eigenvalue weighted by atomic mass is 10.3. The van der Waals surface area contributed by atoms with E-state index in [9.17, 15) is 4.79 Å². The molecule has 2 aromatic rings. The van der Waals surface area contributed by atoms with Gasteiger partial charge in [0.05, 0.1) is 20.7 Å². The second-order valence-corrected chi connectivity index (χ2v) is 6.36. The molecule has 0 aliphatic rings. The van der Waals surface area contributed by atoms with Crippen LogP contribution in [0.5, 0.6) is 0 Å². The van der Waals surface area contributed by atoms with Gasteiger partial charge < -0.3 is 10.6 Å². The van der Waals surface area contributed by atoms with Gasteiger partial charge >= 0.3 is 0 Å². The summed E-state index contributed by atoms with van der Waals surface area (Å²) in [5, 5.41) is 7.68. The Morgan fingerprint density at radius 3 is 2.71 bits per heavy atom. The summed E-state index contributed by atoms with van der Waals surface area (Å²) in [5.41, 5.74) is 0.755. The number of aryl methyl sites for hydroxylation is 2. The van der Waals surface area contributed by atoms with Crippen LogP contribution in [0.2, 0.25) is 10.0 Å². The Bertz CT molecular complexity index is 660. The summed E-state index contributed by atoms with van der Waals surface area (Å²) in [6.07, 6.45) is 1.51. The number of pyridine rings is 1. The van der Waals surface area contributed by atoms with Crippen LogP contribution in [0.15, 0.2) is 12.3 Å². The van der Waals surface area contributed by atoms with Crippen LogP contribution < -0.4 is 10.6 Å². The molecule has 8 heteroatoms. The third-order valence-corrected chi connectivity index (χ3v) is 4.19. The van der Waals surface area contributed by atoms with Gasteiger partial charge in [-0.1, -0.05) is 23.2 Å².